The summed E-state index contributed by atoms with van der Waals surface area (Å²) in [6, 6.07) is 5.99. The van der Waals surface area contributed by atoms with E-state index in [2.05, 4.69) is 51.5 Å². The minimum Gasteiger partial charge on any atom is -0.347 e. The number of aromatic nitrogens is 2. The molecule has 3 heterocycles. The van der Waals surface area contributed by atoms with Gasteiger partial charge < -0.3 is 10.3 Å². The van der Waals surface area contributed by atoms with Gasteiger partial charge in [-0.15, -0.1) is 11.3 Å². The van der Waals surface area contributed by atoms with Crippen molar-refractivity contribution >= 4 is 17.2 Å². The third-order valence-electron chi connectivity index (χ3n) is 4.46. The molecule has 3 rings (SSSR count). The maximum absolute atomic E-state index is 12.6. The zero-order valence-electron chi connectivity index (χ0n) is 15.3. The van der Waals surface area contributed by atoms with Crippen molar-refractivity contribution in [3.05, 3.63) is 50.3 Å². The zero-order valence-corrected chi connectivity index (χ0v) is 16.1. The van der Waals surface area contributed by atoms with Crippen LogP contribution in [0.25, 0.3) is 0 Å². The van der Waals surface area contributed by atoms with Crippen LogP contribution in [0.4, 0.5) is 0 Å². The lowest BCUT2D eigenvalue weighted by Gasteiger charge is -2.32. The first kappa shape index (κ1) is 18.8. The number of carbonyl (C=O) groups is 1. The van der Waals surface area contributed by atoms with Gasteiger partial charge in [0.25, 0.3) is 5.91 Å². The van der Waals surface area contributed by atoms with Crippen molar-refractivity contribution in [2.45, 2.75) is 45.7 Å². The minimum atomic E-state index is -0.462. The number of amides is 1. The van der Waals surface area contributed by atoms with Crippen molar-refractivity contribution in [2.75, 3.05) is 13.1 Å². The van der Waals surface area contributed by atoms with Crippen LogP contribution < -0.4 is 11.0 Å². The normalized spacial score (nSPS) is 18.2. The van der Waals surface area contributed by atoms with Crippen molar-refractivity contribution in [3.63, 3.8) is 0 Å². The number of aromatic amines is 1. The van der Waals surface area contributed by atoms with E-state index in [4.69, 9.17) is 0 Å². The van der Waals surface area contributed by atoms with Crippen LogP contribution in [-0.4, -0.2) is 39.9 Å². The summed E-state index contributed by atoms with van der Waals surface area (Å²) in [6.45, 7) is 6.94. The summed E-state index contributed by atoms with van der Waals surface area (Å²) in [7, 11) is 0. The van der Waals surface area contributed by atoms with E-state index < -0.39 is 5.69 Å². The quantitative estimate of drug-likeness (QED) is 0.814. The number of H-pyrrole nitrogens is 1. The molecule has 0 unspecified atom stereocenters. The van der Waals surface area contributed by atoms with Crippen LogP contribution in [0.1, 0.15) is 47.7 Å². The van der Waals surface area contributed by atoms with Crippen molar-refractivity contribution in [3.8, 4) is 0 Å². The number of hydrogen-bond acceptors (Lipinski definition) is 5. The predicted molar refractivity (Wildman–Crippen MR) is 103 cm³/mol. The average Bonchev–Trinajstić information content (AvgIpc) is 3.07. The summed E-state index contributed by atoms with van der Waals surface area (Å²) < 4.78 is 0. The van der Waals surface area contributed by atoms with E-state index in [1.54, 1.807) is 17.4 Å². The lowest BCUT2D eigenvalue weighted by atomic mass is 10.0. The molecule has 26 heavy (non-hydrogen) atoms. The van der Waals surface area contributed by atoms with Gasteiger partial charge in [0.15, 0.2) is 0 Å². The molecule has 2 aromatic rings. The van der Waals surface area contributed by atoms with E-state index in [1.165, 1.54) is 4.88 Å². The molecule has 0 spiro atoms. The number of nitrogens with one attached hydrogen (secondary N) is 2. The van der Waals surface area contributed by atoms with Gasteiger partial charge in [0.2, 0.25) is 0 Å². The first-order valence-electron chi connectivity index (χ1n) is 9.15. The summed E-state index contributed by atoms with van der Waals surface area (Å²) in [5.41, 5.74) is 0.504. The molecular formula is C19H26N4O2S. The van der Waals surface area contributed by atoms with Crippen LogP contribution in [0.5, 0.6) is 0 Å². The Balaban J connectivity index is 1.62. The summed E-state index contributed by atoms with van der Waals surface area (Å²) in [5.74, 6) is 0.136. The second-order valence-corrected chi connectivity index (χ2v) is 8.35. The molecule has 1 fully saturated rings. The van der Waals surface area contributed by atoms with Gasteiger partial charge in [0.05, 0.1) is 0 Å². The summed E-state index contributed by atoms with van der Waals surface area (Å²) >= 11 is 1.76. The minimum absolute atomic E-state index is 0.0887. The fourth-order valence-corrected chi connectivity index (χ4v) is 4.12. The van der Waals surface area contributed by atoms with Crippen molar-refractivity contribution in [1.82, 2.24) is 20.2 Å². The molecule has 2 aromatic heterocycles. The maximum Gasteiger partial charge on any atom is 0.345 e. The number of hydrogen-bond donors (Lipinski definition) is 2. The topological polar surface area (TPSA) is 78.1 Å². The number of nitrogens with zero attached hydrogens (tertiary/aromatic N) is 2. The molecule has 7 heteroatoms. The standard InChI is InChI=1S/C19H26N4O2S/c1-13(2)9-15-10-17(22-19(25)21-15)18(24)20-14-5-3-7-23(11-14)12-16-6-4-8-26-16/h4,6,8,10,13-14H,3,5,7,9,11-12H2,1-2H3,(H,20,24)(H,21,22,25)/t14-/m0/s1. The number of carbonyl (C=O) groups excluding carboxylic acids is 1. The maximum atomic E-state index is 12.6. The van der Waals surface area contributed by atoms with Crippen LogP contribution in [0.2, 0.25) is 0 Å². The number of rotatable bonds is 6. The van der Waals surface area contributed by atoms with Crippen LogP contribution in [-0.2, 0) is 13.0 Å². The van der Waals surface area contributed by atoms with Gasteiger partial charge in [0.1, 0.15) is 5.69 Å². The third kappa shape index (κ3) is 5.25. The highest BCUT2D eigenvalue weighted by molar-refractivity contribution is 7.09. The molecular weight excluding hydrogens is 348 g/mol. The molecule has 0 saturated carbocycles. The highest BCUT2D eigenvalue weighted by Crippen LogP contribution is 2.17. The van der Waals surface area contributed by atoms with Crippen LogP contribution >= 0.6 is 11.3 Å². The number of piperidine rings is 1. The molecule has 0 aromatic carbocycles. The van der Waals surface area contributed by atoms with Crippen LogP contribution in [0, 0.1) is 5.92 Å². The van der Waals surface area contributed by atoms with Gasteiger partial charge in [-0.3, -0.25) is 9.69 Å². The molecule has 0 bridgehead atoms. The SMILES string of the molecule is CC(C)Cc1cc(C(=O)N[C@H]2CCCN(Cc3cccs3)C2)nc(=O)[nH]1. The predicted octanol–water partition coefficient (Wildman–Crippen LogP) is 2.42. The van der Waals surface area contributed by atoms with Crippen molar-refractivity contribution in [2.24, 2.45) is 5.92 Å². The highest BCUT2D eigenvalue weighted by atomic mass is 32.1. The molecule has 140 valence electrons. The molecule has 1 amide bonds. The summed E-state index contributed by atoms with van der Waals surface area (Å²) in [5, 5.41) is 5.15. The van der Waals surface area contributed by atoms with Gasteiger partial charge in [-0.1, -0.05) is 19.9 Å². The largest absolute Gasteiger partial charge is 0.347 e. The molecule has 1 saturated heterocycles. The van der Waals surface area contributed by atoms with E-state index in [1.807, 2.05) is 0 Å². The Morgan fingerprint density at radius 1 is 1.50 bits per heavy atom. The highest BCUT2D eigenvalue weighted by Gasteiger charge is 2.23. The van der Waals surface area contributed by atoms with Gasteiger partial charge in [0, 0.05) is 29.7 Å². The molecule has 1 aliphatic heterocycles. The smallest absolute Gasteiger partial charge is 0.345 e. The van der Waals surface area contributed by atoms with Gasteiger partial charge >= 0.3 is 5.69 Å². The van der Waals surface area contributed by atoms with E-state index in [0.29, 0.717) is 5.92 Å². The number of likely N-dealkylation sites (tertiary alicyclic amines) is 1. The fraction of sp³-hybridized carbons (Fsp3) is 0.526. The molecule has 0 radical (unpaired) electrons. The molecule has 0 aliphatic carbocycles. The monoisotopic (exact) mass is 374 g/mol. The second kappa shape index (κ2) is 8.60. The molecule has 1 aliphatic rings. The van der Waals surface area contributed by atoms with Gasteiger partial charge in [-0.25, -0.2) is 4.79 Å². The van der Waals surface area contributed by atoms with Gasteiger partial charge in [-0.05, 0) is 49.2 Å². The van der Waals surface area contributed by atoms with E-state index >= 15 is 0 Å². The summed E-state index contributed by atoms with van der Waals surface area (Å²) in [6.07, 6.45) is 2.72. The van der Waals surface area contributed by atoms with E-state index in [-0.39, 0.29) is 17.6 Å². The Morgan fingerprint density at radius 2 is 2.35 bits per heavy atom. The Kier molecular flexibility index (Phi) is 6.21. The number of thiophene rings is 1. The molecule has 2 N–H and O–H groups in total. The Hall–Kier alpha value is -1.99. The Labute approximate surface area is 157 Å². The Bertz CT molecular complexity index is 785. The van der Waals surface area contributed by atoms with Crippen LogP contribution in [0.3, 0.4) is 0 Å². The van der Waals surface area contributed by atoms with Gasteiger partial charge in [-0.2, -0.15) is 4.98 Å². The second-order valence-electron chi connectivity index (χ2n) is 7.32. The zero-order chi connectivity index (χ0) is 18.5. The average molecular weight is 375 g/mol. The molecule has 6 nitrogen and oxygen atoms in total. The third-order valence-corrected chi connectivity index (χ3v) is 5.32. The fourth-order valence-electron chi connectivity index (χ4n) is 3.37. The Morgan fingerprint density at radius 3 is 3.08 bits per heavy atom. The van der Waals surface area contributed by atoms with Crippen molar-refractivity contribution < 1.29 is 4.79 Å². The van der Waals surface area contributed by atoms with Crippen LogP contribution in [0.15, 0.2) is 28.4 Å². The van der Waals surface area contributed by atoms with E-state index in [0.717, 1.165) is 44.6 Å². The molecule has 1 atom stereocenters. The lowest BCUT2D eigenvalue weighted by molar-refractivity contribution is 0.0895. The lowest BCUT2D eigenvalue weighted by Crippen LogP contribution is -2.47. The first-order valence-corrected chi connectivity index (χ1v) is 10.0. The summed E-state index contributed by atoms with van der Waals surface area (Å²) in [4.78, 5) is 34.6. The van der Waals surface area contributed by atoms with Crippen molar-refractivity contribution in [1.29, 1.82) is 0 Å². The van der Waals surface area contributed by atoms with E-state index in [9.17, 15) is 9.59 Å². The first-order chi connectivity index (χ1) is 12.5.